The number of H-pyrrole nitrogens is 1. The second-order valence-electron chi connectivity index (χ2n) is 5.35. The molecule has 0 saturated carbocycles. The Morgan fingerprint density at radius 3 is 3.00 bits per heavy atom. The van der Waals surface area contributed by atoms with Crippen molar-refractivity contribution in [1.29, 1.82) is 0 Å². The zero-order valence-corrected chi connectivity index (χ0v) is 14.0. The second-order valence-corrected chi connectivity index (χ2v) is 7.44. The first-order valence-corrected chi connectivity index (χ1v) is 9.41. The van der Waals surface area contributed by atoms with Gasteiger partial charge in [-0.2, -0.15) is 5.10 Å². The fourth-order valence-corrected chi connectivity index (χ4v) is 2.93. The summed E-state index contributed by atoms with van der Waals surface area (Å²) in [4.78, 5) is 6.63. The maximum absolute atomic E-state index is 11.4. The number of aryl methyl sites for hydroxylation is 1. The van der Waals surface area contributed by atoms with Crippen LogP contribution < -0.4 is 4.72 Å². The van der Waals surface area contributed by atoms with Crippen molar-refractivity contribution in [2.75, 3.05) is 38.5 Å². The summed E-state index contributed by atoms with van der Waals surface area (Å²) in [5, 5.41) is 7.16. The van der Waals surface area contributed by atoms with Gasteiger partial charge in [0.2, 0.25) is 10.0 Å². The number of nitrogens with zero attached hydrogens (tertiary/aromatic N) is 3. The fourth-order valence-electron chi connectivity index (χ4n) is 2.33. The predicted molar refractivity (Wildman–Crippen MR) is 83.0 cm³/mol. The second kappa shape index (κ2) is 8.00. The molecule has 0 unspecified atom stereocenters. The van der Waals surface area contributed by atoms with Crippen LogP contribution in [-0.2, 0) is 21.2 Å². The minimum atomic E-state index is -3.13. The monoisotopic (exact) mass is 331 g/mol. The lowest BCUT2D eigenvalue weighted by Gasteiger charge is -2.31. The Balaban J connectivity index is 1.83. The van der Waals surface area contributed by atoms with E-state index in [1.54, 1.807) is 6.92 Å². The average Bonchev–Trinajstić information content (AvgIpc) is 2.97. The van der Waals surface area contributed by atoms with Gasteiger partial charge in [-0.15, -0.1) is 0 Å². The van der Waals surface area contributed by atoms with Crippen LogP contribution in [0.3, 0.4) is 0 Å². The molecule has 0 spiro atoms. The van der Waals surface area contributed by atoms with Crippen LogP contribution in [0.1, 0.15) is 38.0 Å². The number of morpholine rings is 1. The molecule has 0 radical (unpaired) electrons. The highest BCUT2D eigenvalue weighted by molar-refractivity contribution is 7.89. The van der Waals surface area contributed by atoms with Crippen LogP contribution in [0.15, 0.2) is 0 Å². The summed E-state index contributed by atoms with van der Waals surface area (Å²) in [5.74, 6) is 1.67. The molecule has 2 rings (SSSR count). The molecular weight excluding hydrogens is 306 g/mol. The molecule has 1 aliphatic rings. The first-order valence-electron chi connectivity index (χ1n) is 7.76. The molecule has 1 atom stereocenters. The topological polar surface area (TPSA) is 100 Å². The molecule has 2 N–H and O–H groups in total. The Bertz CT molecular complexity index is 560. The summed E-state index contributed by atoms with van der Waals surface area (Å²) >= 11 is 0. The molecule has 0 bridgehead atoms. The van der Waals surface area contributed by atoms with Gasteiger partial charge in [-0.25, -0.2) is 18.1 Å². The summed E-state index contributed by atoms with van der Waals surface area (Å²) in [6.45, 7) is 6.86. The Hall–Kier alpha value is -1.03. The molecule has 1 aromatic rings. The van der Waals surface area contributed by atoms with Crippen molar-refractivity contribution in [1.82, 2.24) is 24.8 Å². The van der Waals surface area contributed by atoms with Gasteiger partial charge in [0.15, 0.2) is 5.82 Å². The molecule has 126 valence electrons. The third-order valence-electron chi connectivity index (χ3n) is 3.60. The van der Waals surface area contributed by atoms with E-state index in [-0.39, 0.29) is 11.9 Å². The fraction of sp³-hybridized carbons (Fsp3) is 0.846. The van der Waals surface area contributed by atoms with Crippen molar-refractivity contribution in [3.05, 3.63) is 11.6 Å². The number of aromatic nitrogens is 3. The SMILES string of the molecule is CCCc1nc([C@H]2CN(CCNS(=O)(=O)CC)CCO2)n[nH]1. The molecule has 9 heteroatoms. The van der Waals surface area contributed by atoms with Gasteiger partial charge in [0.25, 0.3) is 0 Å². The summed E-state index contributed by atoms with van der Waals surface area (Å²) in [7, 11) is -3.13. The first-order chi connectivity index (χ1) is 10.5. The van der Waals surface area contributed by atoms with Crippen molar-refractivity contribution in [3.8, 4) is 0 Å². The number of hydrogen-bond acceptors (Lipinski definition) is 6. The van der Waals surface area contributed by atoms with Gasteiger partial charge in [0.05, 0.1) is 12.4 Å². The number of aromatic amines is 1. The van der Waals surface area contributed by atoms with Gasteiger partial charge >= 0.3 is 0 Å². The van der Waals surface area contributed by atoms with Gasteiger partial charge in [-0.3, -0.25) is 10.00 Å². The quantitative estimate of drug-likeness (QED) is 0.699. The molecule has 8 nitrogen and oxygen atoms in total. The van der Waals surface area contributed by atoms with Gasteiger partial charge in [0.1, 0.15) is 11.9 Å². The third-order valence-corrected chi connectivity index (χ3v) is 5.01. The van der Waals surface area contributed by atoms with Gasteiger partial charge in [0, 0.05) is 32.6 Å². The molecular formula is C13H25N5O3S. The summed E-state index contributed by atoms with van der Waals surface area (Å²) < 4.78 is 31.1. The van der Waals surface area contributed by atoms with Crippen molar-refractivity contribution >= 4 is 10.0 Å². The standard InChI is InChI=1S/C13H25N5O3S/c1-3-5-12-15-13(17-16-12)11-10-18(8-9-21-11)7-6-14-22(19,20)4-2/h11,14H,3-10H2,1-2H3,(H,15,16,17)/t11-/m1/s1. The highest BCUT2D eigenvalue weighted by atomic mass is 32.2. The van der Waals surface area contributed by atoms with Crippen LogP contribution in [-0.4, -0.2) is 67.0 Å². The molecule has 1 saturated heterocycles. The molecule has 1 aliphatic heterocycles. The van der Waals surface area contributed by atoms with E-state index in [1.165, 1.54) is 0 Å². The lowest BCUT2D eigenvalue weighted by Crippen LogP contribution is -2.43. The Morgan fingerprint density at radius 2 is 2.27 bits per heavy atom. The number of ether oxygens (including phenoxy) is 1. The van der Waals surface area contributed by atoms with Crippen LogP contribution in [0, 0.1) is 0 Å². The van der Waals surface area contributed by atoms with E-state index in [9.17, 15) is 8.42 Å². The number of hydrogen-bond donors (Lipinski definition) is 2. The molecule has 1 aromatic heterocycles. The Kier molecular flexibility index (Phi) is 6.30. The van der Waals surface area contributed by atoms with E-state index in [1.807, 2.05) is 0 Å². The zero-order valence-electron chi connectivity index (χ0n) is 13.2. The Morgan fingerprint density at radius 1 is 1.45 bits per heavy atom. The van der Waals surface area contributed by atoms with Crippen LogP contribution in [0.5, 0.6) is 0 Å². The van der Waals surface area contributed by atoms with Crippen molar-refractivity contribution in [3.63, 3.8) is 0 Å². The largest absolute Gasteiger partial charge is 0.367 e. The maximum atomic E-state index is 11.4. The zero-order chi connectivity index (χ0) is 16.0. The predicted octanol–water partition coefficient (Wildman–Crippen LogP) is 0.0698. The highest BCUT2D eigenvalue weighted by Crippen LogP contribution is 2.18. The molecule has 0 aliphatic carbocycles. The van der Waals surface area contributed by atoms with E-state index >= 15 is 0 Å². The summed E-state index contributed by atoms with van der Waals surface area (Å²) in [6, 6.07) is 0. The van der Waals surface area contributed by atoms with E-state index in [0.29, 0.717) is 32.1 Å². The van der Waals surface area contributed by atoms with Crippen LogP contribution in [0.25, 0.3) is 0 Å². The number of sulfonamides is 1. The Labute approximate surface area is 131 Å². The smallest absolute Gasteiger partial charge is 0.211 e. The number of nitrogens with one attached hydrogen (secondary N) is 2. The van der Waals surface area contributed by atoms with Crippen molar-refractivity contribution in [2.45, 2.75) is 32.8 Å². The molecule has 0 amide bonds. The third kappa shape index (κ3) is 5.01. The molecule has 2 heterocycles. The van der Waals surface area contributed by atoms with Crippen LogP contribution in [0.2, 0.25) is 0 Å². The first kappa shape index (κ1) is 17.3. The van der Waals surface area contributed by atoms with E-state index in [0.717, 1.165) is 25.2 Å². The lowest BCUT2D eigenvalue weighted by atomic mass is 10.2. The highest BCUT2D eigenvalue weighted by Gasteiger charge is 2.25. The lowest BCUT2D eigenvalue weighted by molar-refractivity contribution is -0.0333. The minimum Gasteiger partial charge on any atom is -0.367 e. The average molecular weight is 331 g/mol. The van der Waals surface area contributed by atoms with Gasteiger partial charge < -0.3 is 4.74 Å². The van der Waals surface area contributed by atoms with Crippen molar-refractivity contribution in [2.24, 2.45) is 0 Å². The minimum absolute atomic E-state index is 0.107. The van der Waals surface area contributed by atoms with Crippen molar-refractivity contribution < 1.29 is 13.2 Å². The maximum Gasteiger partial charge on any atom is 0.211 e. The number of rotatable bonds is 8. The molecule has 1 fully saturated rings. The van der Waals surface area contributed by atoms with Gasteiger partial charge in [-0.1, -0.05) is 6.92 Å². The molecule has 22 heavy (non-hydrogen) atoms. The van der Waals surface area contributed by atoms with Crippen LogP contribution in [0.4, 0.5) is 0 Å². The van der Waals surface area contributed by atoms with Gasteiger partial charge in [-0.05, 0) is 13.3 Å². The van der Waals surface area contributed by atoms with E-state index in [4.69, 9.17) is 4.74 Å². The van der Waals surface area contributed by atoms with E-state index < -0.39 is 10.0 Å². The molecule has 0 aromatic carbocycles. The normalized spacial score (nSPS) is 20.4. The van der Waals surface area contributed by atoms with E-state index in [2.05, 4.69) is 31.7 Å². The van der Waals surface area contributed by atoms with Crippen LogP contribution >= 0.6 is 0 Å². The summed E-state index contributed by atoms with van der Waals surface area (Å²) in [6.07, 6.45) is 1.74. The summed E-state index contributed by atoms with van der Waals surface area (Å²) in [5.41, 5.74) is 0.